The van der Waals surface area contributed by atoms with Crippen molar-refractivity contribution in [3.8, 4) is 0 Å². The van der Waals surface area contributed by atoms with E-state index in [9.17, 15) is 9.59 Å². The summed E-state index contributed by atoms with van der Waals surface area (Å²) < 4.78 is 0. The van der Waals surface area contributed by atoms with Crippen LogP contribution in [0.5, 0.6) is 0 Å². The van der Waals surface area contributed by atoms with Gasteiger partial charge in [-0.2, -0.15) is 11.8 Å². The van der Waals surface area contributed by atoms with Crippen molar-refractivity contribution >= 4 is 23.6 Å². The topological polar surface area (TPSA) is 49.4 Å². The summed E-state index contributed by atoms with van der Waals surface area (Å²) in [4.78, 5) is 26.4. The van der Waals surface area contributed by atoms with Crippen molar-refractivity contribution in [3.05, 3.63) is 0 Å². The second-order valence-corrected chi connectivity index (χ2v) is 7.62. The molecule has 0 bridgehead atoms. The number of nitrogens with one attached hydrogen (secondary N) is 1. The normalized spacial score (nSPS) is 34.5. The highest BCUT2D eigenvalue weighted by Crippen LogP contribution is 2.35. The minimum atomic E-state index is -0.764. The number of hydrogen-bond acceptors (Lipinski definition) is 3. The summed E-state index contributed by atoms with van der Waals surface area (Å²) in [7, 11) is 0. The van der Waals surface area contributed by atoms with Gasteiger partial charge in [0.2, 0.25) is 11.8 Å². The number of hydrogen-bond donors (Lipinski definition) is 1. The van der Waals surface area contributed by atoms with Crippen molar-refractivity contribution in [1.29, 1.82) is 0 Å². The Labute approximate surface area is 119 Å². The molecule has 0 spiro atoms. The van der Waals surface area contributed by atoms with E-state index in [0.717, 1.165) is 25.0 Å². The van der Waals surface area contributed by atoms with E-state index in [2.05, 4.69) is 12.2 Å². The zero-order chi connectivity index (χ0) is 14.2. The Balaban J connectivity index is 2.13. The van der Waals surface area contributed by atoms with E-state index < -0.39 is 5.54 Å². The lowest BCUT2D eigenvalue weighted by molar-refractivity contribution is -0.155. The molecule has 1 heterocycles. The van der Waals surface area contributed by atoms with Crippen LogP contribution in [-0.4, -0.2) is 45.3 Å². The molecule has 2 amide bonds. The van der Waals surface area contributed by atoms with E-state index in [1.165, 1.54) is 0 Å². The van der Waals surface area contributed by atoms with Crippen LogP contribution in [0.25, 0.3) is 0 Å². The van der Waals surface area contributed by atoms with Crippen molar-refractivity contribution in [2.75, 3.05) is 5.75 Å². The molecule has 0 radical (unpaired) electrons. The van der Waals surface area contributed by atoms with Crippen molar-refractivity contribution in [3.63, 3.8) is 0 Å². The van der Waals surface area contributed by atoms with Gasteiger partial charge >= 0.3 is 0 Å². The minimum Gasteiger partial charge on any atom is -0.340 e. The van der Waals surface area contributed by atoms with E-state index in [0.29, 0.717) is 5.25 Å². The van der Waals surface area contributed by atoms with Gasteiger partial charge in [0.15, 0.2) is 0 Å². The van der Waals surface area contributed by atoms with Crippen molar-refractivity contribution in [2.45, 2.75) is 69.8 Å². The maximum Gasteiger partial charge on any atom is 0.248 e. The van der Waals surface area contributed by atoms with Gasteiger partial charge in [-0.05, 0) is 45.8 Å². The summed E-state index contributed by atoms with van der Waals surface area (Å²) in [6.07, 6.45) is 3.21. The molecule has 4 nitrogen and oxygen atoms in total. The molecule has 2 rings (SSSR count). The molecule has 1 N–H and O–H groups in total. The number of carbonyl (C=O) groups excluding carboxylic acids is 2. The van der Waals surface area contributed by atoms with Crippen LogP contribution in [-0.2, 0) is 9.59 Å². The minimum absolute atomic E-state index is 0.0313. The molecule has 0 aromatic carbocycles. The van der Waals surface area contributed by atoms with Gasteiger partial charge in [-0.3, -0.25) is 9.59 Å². The summed E-state index contributed by atoms with van der Waals surface area (Å²) in [5.74, 6) is 1.15. The molecule has 108 valence electrons. The smallest absolute Gasteiger partial charge is 0.248 e. The van der Waals surface area contributed by atoms with Gasteiger partial charge in [-0.15, -0.1) is 0 Å². The number of nitrogens with zero attached hydrogens (tertiary/aromatic N) is 1. The average Bonchev–Trinajstić information content (AvgIpc) is 2.76. The molecule has 2 fully saturated rings. The molecule has 3 atom stereocenters. The van der Waals surface area contributed by atoms with Crippen LogP contribution in [0.1, 0.15) is 47.0 Å². The lowest BCUT2D eigenvalue weighted by Crippen LogP contribution is -2.69. The first-order valence-corrected chi connectivity index (χ1v) is 8.18. The van der Waals surface area contributed by atoms with E-state index >= 15 is 0 Å². The highest BCUT2D eigenvalue weighted by molar-refractivity contribution is 7.99. The SMILES string of the molecule is CCSC1CCC(N2C(=O)C(C)(C)NC(=O)C2C)C1. The number of thioether (sulfide) groups is 1. The first kappa shape index (κ1) is 14.7. The predicted molar refractivity (Wildman–Crippen MR) is 78.1 cm³/mol. The summed E-state index contributed by atoms with van der Waals surface area (Å²) in [6.45, 7) is 7.59. The van der Waals surface area contributed by atoms with E-state index in [4.69, 9.17) is 0 Å². The Hall–Kier alpha value is -0.710. The molecule has 3 unspecified atom stereocenters. The molecule has 1 saturated heterocycles. The second-order valence-electron chi connectivity index (χ2n) is 6.05. The van der Waals surface area contributed by atoms with Crippen LogP contribution in [0.4, 0.5) is 0 Å². The quantitative estimate of drug-likeness (QED) is 0.859. The number of amides is 2. The van der Waals surface area contributed by atoms with Gasteiger partial charge in [0, 0.05) is 11.3 Å². The van der Waals surface area contributed by atoms with Gasteiger partial charge in [0.05, 0.1) is 0 Å². The zero-order valence-corrected chi connectivity index (χ0v) is 13.0. The molecule has 0 aromatic heterocycles. The van der Waals surface area contributed by atoms with Crippen LogP contribution in [0.3, 0.4) is 0 Å². The van der Waals surface area contributed by atoms with Crippen LogP contribution in [0.15, 0.2) is 0 Å². The number of piperazine rings is 1. The summed E-state index contributed by atoms with van der Waals surface area (Å²) >= 11 is 1.97. The Bertz CT molecular complexity index is 384. The lowest BCUT2D eigenvalue weighted by atomic mass is 9.95. The monoisotopic (exact) mass is 284 g/mol. The van der Waals surface area contributed by atoms with Gasteiger partial charge in [0.25, 0.3) is 0 Å². The molecule has 0 aromatic rings. The fourth-order valence-corrected chi connectivity index (χ4v) is 4.26. The van der Waals surface area contributed by atoms with Crippen molar-refractivity contribution in [1.82, 2.24) is 10.2 Å². The second kappa shape index (κ2) is 5.35. The summed E-state index contributed by atoms with van der Waals surface area (Å²) in [5, 5.41) is 3.45. The lowest BCUT2D eigenvalue weighted by Gasteiger charge is -2.44. The third kappa shape index (κ3) is 2.76. The van der Waals surface area contributed by atoms with Crippen molar-refractivity contribution in [2.24, 2.45) is 0 Å². The largest absolute Gasteiger partial charge is 0.340 e. The fourth-order valence-electron chi connectivity index (χ4n) is 3.13. The van der Waals surface area contributed by atoms with Gasteiger partial charge in [0.1, 0.15) is 11.6 Å². The van der Waals surface area contributed by atoms with Gasteiger partial charge in [-0.25, -0.2) is 0 Å². The molecular formula is C14H24N2O2S. The summed E-state index contributed by atoms with van der Waals surface area (Å²) in [5.41, 5.74) is -0.764. The number of rotatable bonds is 3. The molecule has 1 saturated carbocycles. The van der Waals surface area contributed by atoms with Crippen LogP contribution < -0.4 is 5.32 Å². The summed E-state index contributed by atoms with van der Waals surface area (Å²) in [6, 6.07) is -0.104. The van der Waals surface area contributed by atoms with E-state index in [-0.39, 0.29) is 23.9 Å². The third-order valence-electron chi connectivity index (χ3n) is 4.15. The fraction of sp³-hybridized carbons (Fsp3) is 0.857. The van der Waals surface area contributed by atoms with Gasteiger partial charge < -0.3 is 10.2 Å². The highest BCUT2D eigenvalue weighted by Gasteiger charge is 2.47. The maximum absolute atomic E-state index is 12.6. The Morgan fingerprint density at radius 3 is 2.68 bits per heavy atom. The Kier molecular flexibility index (Phi) is 4.14. The van der Waals surface area contributed by atoms with Gasteiger partial charge in [-0.1, -0.05) is 6.92 Å². The van der Waals surface area contributed by atoms with Crippen LogP contribution in [0.2, 0.25) is 0 Å². The molecule has 1 aliphatic carbocycles. The van der Waals surface area contributed by atoms with Crippen molar-refractivity contribution < 1.29 is 9.59 Å². The first-order chi connectivity index (χ1) is 8.86. The number of carbonyl (C=O) groups is 2. The van der Waals surface area contributed by atoms with Crippen LogP contribution in [0, 0.1) is 0 Å². The molecule has 1 aliphatic heterocycles. The van der Waals surface area contributed by atoms with E-state index in [1.54, 1.807) is 13.8 Å². The third-order valence-corrected chi connectivity index (χ3v) is 5.39. The standard InChI is InChI=1S/C14H24N2O2S/c1-5-19-11-7-6-10(8-11)16-9(2)12(17)15-14(3,4)13(16)18/h9-11H,5-8H2,1-4H3,(H,15,17). The zero-order valence-electron chi connectivity index (χ0n) is 12.2. The van der Waals surface area contributed by atoms with E-state index in [1.807, 2.05) is 23.6 Å². The molecule has 19 heavy (non-hydrogen) atoms. The predicted octanol–water partition coefficient (Wildman–Crippen LogP) is 1.79. The molecule has 5 heteroatoms. The maximum atomic E-state index is 12.6. The van der Waals surface area contributed by atoms with Crippen LogP contribution >= 0.6 is 11.8 Å². The first-order valence-electron chi connectivity index (χ1n) is 7.13. The molecule has 2 aliphatic rings. The molecular weight excluding hydrogens is 260 g/mol. The Morgan fingerprint density at radius 1 is 1.37 bits per heavy atom. The Morgan fingerprint density at radius 2 is 2.05 bits per heavy atom. The average molecular weight is 284 g/mol. The highest BCUT2D eigenvalue weighted by atomic mass is 32.2.